The molecule has 1 heterocycles. The maximum absolute atomic E-state index is 11.8. The van der Waals surface area contributed by atoms with Gasteiger partial charge in [-0.15, -0.1) is 0 Å². The first-order chi connectivity index (χ1) is 11.9. The van der Waals surface area contributed by atoms with Crippen LogP contribution in [0.15, 0.2) is 48.7 Å². The van der Waals surface area contributed by atoms with Gasteiger partial charge in [-0.05, 0) is 30.5 Å². The number of aromatic amines is 1. The molecule has 2 aromatic rings. The second kappa shape index (κ2) is 7.41. The van der Waals surface area contributed by atoms with Crippen molar-refractivity contribution in [2.24, 2.45) is 0 Å². The number of aryl methyl sites for hydroxylation is 1. The largest absolute Gasteiger partial charge is 0.369 e. The first-order valence-corrected chi connectivity index (χ1v) is 11.1. The normalized spacial score (nSPS) is 15.6. The molecule has 1 aromatic heterocycles. The molecule has 0 radical (unpaired) electrons. The van der Waals surface area contributed by atoms with Crippen molar-refractivity contribution >= 4 is 15.2 Å². The Labute approximate surface area is 151 Å². The van der Waals surface area contributed by atoms with Gasteiger partial charge in [0.05, 0.1) is 0 Å². The van der Waals surface area contributed by atoms with Crippen LogP contribution in [0.2, 0.25) is 0 Å². The predicted molar refractivity (Wildman–Crippen MR) is 96.6 cm³/mol. The van der Waals surface area contributed by atoms with Gasteiger partial charge in [0.15, 0.2) is 0 Å². The fourth-order valence-corrected chi connectivity index (χ4v) is 5.46. The highest BCUT2D eigenvalue weighted by molar-refractivity contribution is 7.72. The Kier molecular flexibility index (Phi) is 6.00. The molecule has 10 heteroatoms. The van der Waals surface area contributed by atoms with E-state index in [9.17, 15) is 33.8 Å². The highest BCUT2D eigenvalue weighted by Gasteiger charge is 2.62. The lowest BCUT2D eigenvalue weighted by Crippen LogP contribution is -2.38. The van der Waals surface area contributed by atoms with E-state index in [1.807, 2.05) is 30.3 Å². The molecular weight excluding hydrogens is 380 g/mol. The number of rotatable bonds is 8. The van der Waals surface area contributed by atoms with Crippen LogP contribution in [0.25, 0.3) is 0 Å². The third-order valence-corrected chi connectivity index (χ3v) is 8.36. The smallest absolute Gasteiger partial charge is 0.367 e. The zero-order chi connectivity index (χ0) is 19.6. The highest BCUT2D eigenvalue weighted by Crippen LogP contribution is 2.70. The molecule has 6 N–H and O–H groups in total. The standard InChI is InChI=1S/C16H23NO7P2/c1-15(14-8-5-11-17-14,10-9-13-6-3-2-4-7-13)12-16(18,25(19,20)21)26(22,23)24/h2-8,11,17-18H,9-10,12H2,1H3,(H2,19,20,21)(H2,22,23,24). The summed E-state index contributed by atoms with van der Waals surface area (Å²) in [5, 5.41) is 6.91. The Morgan fingerprint density at radius 3 is 2.00 bits per heavy atom. The number of aliphatic hydroxyl groups is 1. The number of benzene rings is 1. The first kappa shape index (κ1) is 21.1. The zero-order valence-corrected chi connectivity index (χ0v) is 16.0. The molecule has 2 rings (SSSR count). The molecule has 0 spiro atoms. The van der Waals surface area contributed by atoms with E-state index in [-0.39, 0.29) is 0 Å². The van der Waals surface area contributed by atoms with Crippen LogP contribution in [0.3, 0.4) is 0 Å². The Balaban J connectivity index is 2.41. The SMILES string of the molecule is CC(CCc1ccccc1)(CC(O)(P(=O)(O)O)P(=O)(O)O)c1ccc[nH]1. The molecule has 0 bridgehead atoms. The van der Waals surface area contributed by atoms with E-state index in [0.29, 0.717) is 18.5 Å². The molecule has 0 amide bonds. The Morgan fingerprint density at radius 2 is 1.54 bits per heavy atom. The van der Waals surface area contributed by atoms with E-state index in [1.165, 1.54) is 0 Å². The highest BCUT2D eigenvalue weighted by atomic mass is 31.2. The van der Waals surface area contributed by atoms with Crippen molar-refractivity contribution in [1.29, 1.82) is 0 Å². The summed E-state index contributed by atoms with van der Waals surface area (Å²) in [6.45, 7) is 1.61. The molecule has 0 aliphatic heterocycles. The fourth-order valence-electron chi connectivity index (χ4n) is 2.99. The summed E-state index contributed by atoms with van der Waals surface area (Å²) in [4.78, 5) is 40.8. The molecule has 1 unspecified atom stereocenters. The van der Waals surface area contributed by atoms with Gasteiger partial charge in [-0.2, -0.15) is 0 Å². The third-order valence-electron chi connectivity index (χ3n) is 4.62. The average Bonchev–Trinajstić information content (AvgIpc) is 3.07. The summed E-state index contributed by atoms with van der Waals surface area (Å²) in [7, 11) is -11.0. The van der Waals surface area contributed by atoms with Crippen molar-refractivity contribution in [3.8, 4) is 0 Å². The van der Waals surface area contributed by atoms with E-state index in [0.717, 1.165) is 5.56 Å². The van der Waals surface area contributed by atoms with Gasteiger partial charge < -0.3 is 29.7 Å². The van der Waals surface area contributed by atoms with Gasteiger partial charge in [0.1, 0.15) is 0 Å². The number of nitrogens with one attached hydrogen (secondary N) is 1. The van der Waals surface area contributed by atoms with Crippen LogP contribution in [0.4, 0.5) is 0 Å². The van der Waals surface area contributed by atoms with Crippen LogP contribution in [0.1, 0.15) is 31.0 Å². The lowest BCUT2D eigenvalue weighted by Gasteiger charge is -2.38. The molecule has 26 heavy (non-hydrogen) atoms. The first-order valence-electron chi connectivity index (χ1n) is 7.90. The molecule has 0 saturated carbocycles. The summed E-state index contributed by atoms with van der Waals surface area (Å²) in [5.41, 5.74) is 0.367. The number of hydrogen-bond donors (Lipinski definition) is 6. The molecular formula is C16H23NO7P2. The van der Waals surface area contributed by atoms with Crippen molar-refractivity contribution in [1.82, 2.24) is 4.98 Å². The van der Waals surface area contributed by atoms with Gasteiger partial charge in [0.25, 0.3) is 5.08 Å². The fraction of sp³-hybridized carbons (Fsp3) is 0.375. The quantitative estimate of drug-likeness (QED) is 0.370. The third kappa shape index (κ3) is 4.35. The molecule has 0 fully saturated rings. The van der Waals surface area contributed by atoms with Crippen LogP contribution < -0.4 is 0 Å². The van der Waals surface area contributed by atoms with Gasteiger partial charge in [-0.1, -0.05) is 37.3 Å². The summed E-state index contributed by atoms with van der Waals surface area (Å²) in [6.07, 6.45) is 1.60. The minimum atomic E-state index is -5.52. The van der Waals surface area contributed by atoms with Crippen molar-refractivity contribution < 1.29 is 33.8 Å². The molecule has 0 aliphatic carbocycles. The predicted octanol–water partition coefficient (Wildman–Crippen LogP) is 2.30. The van der Waals surface area contributed by atoms with Crippen LogP contribution in [-0.2, 0) is 21.0 Å². The second-order valence-corrected chi connectivity index (χ2v) is 10.7. The summed E-state index contributed by atoms with van der Waals surface area (Å²) >= 11 is 0. The number of hydrogen-bond acceptors (Lipinski definition) is 3. The van der Waals surface area contributed by atoms with Crippen molar-refractivity contribution in [3.05, 3.63) is 59.9 Å². The molecule has 8 nitrogen and oxygen atoms in total. The van der Waals surface area contributed by atoms with Crippen molar-refractivity contribution in [3.63, 3.8) is 0 Å². The number of aromatic nitrogens is 1. The monoisotopic (exact) mass is 403 g/mol. The Morgan fingerprint density at radius 1 is 0.962 bits per heavy atom. The molecule has 0 aliphatic rings. The molecule has 0 saturated heterocycles. The topological polar surface area (TPSA) is 151 Å². The van der Waals surface area contributed by atoms with E-state index in [4.69, 9.17) is 0 Å². The maximum atomic E-state index is 11.8. The lowest BCUT2D eigenvalue weighted by atomic mass is 9.78. The second-order valence-electron chi connectivity index (χ2n) is 6.67. The maximum Gasteiger partial charge on any atom is 0.369 e. The zero-order valence-electron chi connectivity index (χ0n) is 14.2. The molecule has 1 aromatic carbocycles. The minimum absolute atomic E-state index is 0.305. The lowest BCUT2D eigenvalue weighted by molar-refractivity contribution is 0.0977. The van der Waals surface area contributed by atoms with Gasteiger partial charge in [-0.25, -0.2) is 0 Å². The van der Waals surface area contributed by atoms with E-state index in [2.05, 4.69) is 4.98 Å². The minimum Gasteiger partial charge on any atom is -0.367 e. The summed E-state index contributed by atoms with van der Waals surface area (Å²) < 4.78 is 23.5. The van der Waals surface area contributed by atoms with Gasteiger partial charge in [0, 0.05) is 23.7 Å². The van der Waals surface area contributed by atoms with Crippen molar-refractivity contribution in [2.45, 2.75) is 36.7 Å². The summed E-state index contributed by atoms with van der Waals surface area (Å²) in [6, 6.07) is 12.6. The van der Waals surface area contributed by atoms with Crippen LogP contribution in [0, 0.1) is 0 Å². The van der Waals surface area contributed by atoms with E-state index in [1.54, 1.807) is 25.3 Å². The Hall–Kier alpha value is -1.24. The Bertz CT molecular complexity index is 790. The number of H-pyrrole nitrogens is 1. The van der Waals surface area contributed by atoms with Crippen molar-refractivity contribution in [2.75, 3.05) is 0 Å². The van der Waals surface area contributed by atoms with Crippen LogP contribution in [0.5, 0.6) is 0 Å². The van der Waals surface area contributed by atoms with Crippen LogP contribution >= 0.6 is 15.2 Å². The summed E-state index contributed by atoms with van der Waals surface area (Å²) in [5.74, 6) is 0. The van der Waals surface area contributed by atoms with Gasteiger partial charge >= 0.3 is 15.2 Å². The van der Waals surface area contributed by atoms with Gasteiger partial charge in [0.2, 0.25) is 0 Å². The van der Waals surface area contributed by atoms with E-state index < -0.39 is 32.1 Å². The average molecular weight is 403 g/mol. The molecule has 144 valence electrons. The van der Waals surface area contributed by atoms with Gasteiger partial charge in [-0.3, -0.25) is 9.13 Å². The molecule has 1 atom stereocenters. The van der Waals surface area contributed by atoms with Crippen LogP contribution in [-0.4, -0.2) is 34.7 Å². The van der Waals surface area contributed by atoms with E-state index >= 15 is 0 Å².